The van der Waals surface area contributed by atoms with Crippen molar-refractivity contribution in [2.24, 2.45) is 0 Å². The summed E-state index contributed by atoms with van der Waals surface area (Å²) in [6.45, 7) is 3.76. The number of nitrogens with zero attached hydrogens (tertiary/aromatic N) is 4. The van der Waals surface area contributed by atoms with E-state index in [1.54, 1.807) is 29.3 Å². The van der Waals surface area contributed by atoms with Gasteiger partial charge < -0.3 is 4.90 Å². The Morgan fingerprint density at radius 1 is 1.00 bits per heavy atom. The molecular weight excluding hydrogens is 388 g/mol. The quantitative estimate of drug-likeness (QED) is 0.638. The summed E-state index contributed by atoms with van der Waals surface area (Å²) in [6, 6.07) is 15.6. The van der Waals surface area contributed by atoms with Gasteiger partial charge in [0.1, 0.15) is 0 Å². The van der Waals surface area contributed by atoms with Crippen LogP contribution in [-0.4, -0.2) is 72.5 Å². The van der Waals surface area contributed by atoms with Crippen LogP contribution in [0.15, 0.2) is 59.9 Å². The van der Waals surface area contributed by atoms with Crippen molar-refractivity contribution < 1.29 is 13.2 Å². The molecule has 0 saturated carbocycles. The van der Waals surface area contributed by atoms with E-state index in [-0.39, 0.29) is 16.8 Å². The van der Waals surface area contributed by atoms with Crippen LogP contribution in [0.2, 0.25) is 0 Å². The third-order valence-electron chi connectivity index (χ3n) is 5.27. The van der Waals surface area contributed by atoms with Gasteiger partial charge in [-0.15, -0.1) is 0 Å². The average Bonchev–Trinajstić information content (AvgIpc) is 3.13. The van der Waals surface area contributed by atoms with Crippen LogP contribution in [0.4, 0.5) is 0 Å². The van der Waals surface area contributed by atoms with Crippen LogP contribution in [0.1, 0.15) is 16.1 Å². The molecular formula is C21H24N4O3S. The van der Waals surface area contributed by atoms with Crippen LogP contribution in [-0.2, 0) is 16.3 Å². The topological polar surface area (TPSA) is 75.0 Å². The predicted octanol–water partition coefficient (Wildman–Crippen LogP) is 1.74. The van der Waals surface area contributed by atoms with Crippen LogP contribution in [0, 0.1) is 0 Å². The van der Waals surface area contributed by atoms with Crippen molar-refractivity contribution >= 4 is 21.3 Å². The third-order valence-corrected chi connectivity index (χ3v) is 6.22. The second-order valence-corrected chi connectivity index (χ2v) is 9.25. The number of carbonyl (C=O) groups is 1. The normalized spacial score (nSPS) is 15.7. The molecule has 3 heterocycles. The van der Waals surface area contributed by atoms with Crippen LogP contribution >= 0.6 is 0 Å². The smallest absolute Gasteiger partial charge is 0.274 e. The van der Waals surface area contributed by atoms with Gasteiger partial charge in [0.05, 0.1) is 5.52 Å². The number of hydrogen-bond donors (Lipinski definition) is 0. The van der Waals surface area contributed by atoms with Crippen molar-refractivity contribution in [2.45, 2.75) is 11.6 Å². The molecule has 0 radical (unpaired) electrons. The minimum absolute atomic E-state index is 0.0991. The monoisotopic (exact) mass is 412 g/mol. The van der Waals surface area contributed by atoms with E-state index in [4.69, 9.17) is 0 Å². The summed E-state index contributed by atoms with van der Waals surface area (Å²) in [6.07, 6.45) is 3.71. The zero-order chi connectivity index (χ0) is 20.4. The molecule has 1 saturated heterocycles. The highest BCUT2D eigenvalue weighted by molar-refractivity contribution is 7.90. The molecule has 0 atom stereocenters. The summed E-state index contributed by atoms with van der Waals surface area (Å²) in [5.74, 6) is -0.216. The van der Waals surface area contributed by atoms with E-state index in [0.29, 0.717) is 18.6 Å². The van der Waals surface area contributed by atoms with Crippen molar-refractivity contribution in [3.05, 3.63) is 66.0 Å². The fourth-order valence-electron chi connectivity index (χ4n) is 3.68. The van der Waals surface area contributed by atoms with Gasteiger partial charge in [0.2, 0.25) is 15.0 Å². The average molecular weight is 413 g/mol. The fraction of sp³-hybridized carbons (Fsp3) is 0.333. The molecule has 3 aromatic rings. The van der Waals surface area contributed by atoms with E-state index >= 15 is 0 Å². The summed E-state index contributed by atoms with van der Waals surface area (Å²) >= 11 is 0. The summed E-state index contributed by atoms with van der Waals surface area (Å²) in [4.78, 5) is 21.4. The van der Waals surface area contributed by atoms with Gasteiger partial charge >= 0.3 is 0 Å². The van der Waals surface area contributed by atoms with Gasteiger partial charge in [0, 0.05) is 45.2 Å². The number of aromatic nitrogens is 2. The molecule has 2 aromatic heterocycles. The summed E-state index contributed by atoms with van der Waals surface area (Å²) in [5, 5.41) is -0.0991. The standard InChI is InChI=1S/C21H24N4O3S/c1-29(27,28)21-22-19(18-9-5-6-11-25(18)21)20(26)24-15-13-23(14-16-24)12-10-17-7-3-2-4-8-17/h2-9,11H,10,12-16H2,1H3. The maximum Gasteiger partial charge on any atom is 0.274 e. The molecule has 1 amide bonds. The summed E-state index contributed by atoms with van der Waals surface area (Å²) < 4.78 is 25.6. The molecule has 0 spiro atoms. The van der Waals surface area contributed by atoms with Gasteiger partial charge in [-0.3, -0.25) is 14.1 Å². The van der Waals surface area contributed by atoms with Gasteiger partial charge in [-0.25, -0.2) is 13.4 Å². The lowest BCUT2D eigenvalue weighted by Gasteiger charge is -2.34. The van der Waals surface area contributed by atoms with Crippen molar-refractivity contribution in [3.8, 4) is 0 Å². The number of amides is 1. The predicted molar refractivity (Wildman–Crippen MR) is 111 cm³/mol. The zero-order valence-electron chi connectivity index (χ0n) is 16.4. The lowest BCUT2D eigenvalue weighted by molar-refractivity contribution is 0.0635. The first kappa shape index (κ1) is 19.6. The number of carbonyl (C=O) groups excluding carboxylic acids is 1. The van der Waals surface area contributed by atoms with Gasteiger partial charge in [0.25, 0.3) is 5.91 Å². The molecule has 0 N–H and O–H groups in total. The Labute approximate surface area is 170 Å². The Bertz CT molecular complexity index is 1120. The Balaban J connectivity index is 1.45. The molecule has 1 aliphatic heterocycles. The van der Waals surface area contributed by atoms with Gasteiger partial charge in [-0.1, -0.05) is 36.4 Å². The lowest BCUT2D eigenvalue weighted by atomic mass is 10.1. The maximum absolute atomic E-state index is 13.1. The minimum atomic E-state index is -3.54. The van der Waals surface area contributed by atoms with Crippen molar-refractivity contribution in [3.63, 3.8) is 0 Å². The highest BCUT2D eigenvalue weighted by Crippen LogP contribution is 2.19. The van der Waals surface area contributed by atoms with E-state index in [0.717, 1.165) is 32.3 Å². The number of pyridine rings is 1. The zero-order valence-corrected chi connectivity index (χ0v) is 17.2. The molecule has 0 bridgehead atoms. The first-order valence-electron chi connectivity index (χ1n) is 9.66. The van der Waals surface area contributed by atoms with Crippen LogP contribution in [0.5, 0.6) is 0 Å². The second kappa shape index (κ2) is 7.96. The Hall–Kier alpha value is -2.71. The second-order valence-electron chi connectivity index (χ2n) is 7.34. The molecule has 0 aliphatic carbocycles. The molecule has 1 aromatic carbocycles. The molecule has 8 heteroatoms. The van der Waals surface area contributed by atoms with Gasteiger partial charge in [0.15, 0.2) is 5.69 Å². The van der Waals surface area contributed by atoms with Crippen LogP contribution in [0.25, 0.3) is 5.52 Å². The van der Waals surface area contributed by atoms with E-state index in [1.165, 1.54) is 9.96 Å². The first-order chi connectivity index (χ1) is 13.9. The van der Waals surface area contributed by atoms with E-state index in [9.17, 15) is 13.2 Å². The fourth-order valence-corrected chi connectivity index (χ4v) is 4.46. The van der Waals surface area contributed by atoms with Crippen molar-refractivity contribution in [2.75, 3.05) is 39.0 Å². The van der Waals surface area contributed by atoms with Gasteiger partial charge in [-0.05, 0) is 24.1 Å². The number of fused-ring (bicyclic) bond motifs is 1. The highest BCUT2D eigenvalue weighted by Gasteiger charge is 2.28. The first-order valence-corrected chi connectivity index (χ1v) is 11.6. The largest absolute Gasteiger partial charge is 0.335 e. The number of sulfone groups is 1. The Kier molecular flexibility index (Phi) is 5.38. The minimum Gasteiger partial charge on any atom is -0.335 e. The van der Waals surface area contributed by atoms with Crippen molar-refractivity contribution in [1.29, 1.82) is 0 Å². The molecule has 7 nitrogen and oxygen atoms in total. The SMILES string of the molecule is CS(=O)(=O)c1nc(C(=O)N2CCN(CCc3ccccc3)CC2)c2ccccn12. The van der Waals surface area contributed by atoms with Crippen molar-refractivity contribution in [1.82, 2.24) is 19.2 Å². The van der Waals surface area contributed by atoms with Gasteiger partial charge in [-0.2, -0.15) is 0 Å². The Morgan fingerprint density at radius 3 is 2.38 bits per heavy atom. The molecule has 0 unspecified atom stereocenters. The molecule has 4 rings (SSSR count). The molecule has 29 heavy (non-hydrogen) atoms. The number of imidazole rings is 1. The van der Waals surface area contributed by atoms with E-state index in [2.05, 4.69) is 22.0 Å². The van der Waals surface area contributed by atoms with Crippen LogP contribution in [0.3, 0.4) is 0 Å². The highest BCUT2D eigenvalue weighted by atomic mass is 32.2. The number of hydrogen-bond acceptors (Lipinski definition) is 5. The lowest BCUT2D eigenvalue weighted by Crippen LogP contribution is -2.49. The maximum atomic E-state index is 13.1. The van der Waals surface area contributed by atoms with E-state index in [1.807, 2.05) is 18.2 Å². The molecule has 152 valence electrons. The summed E-state index contributed by atoms with van der Waals surface area (Å²) in [7, 11) is -3.54. The Morgan fingerprint density at radius 2 is 1.69 bits per heavy atom. The van der Waals surface area contributed by atoms with E-state index < -0.39 is 9.84 Å². The number of benzene rings is 1. The summed E-state index contributed by atoms with van der Waals surface area (Å²) in [5.41, 5.74) is 2.02. The molecule has 1 fully saturated rings. The third kappa shape index (κ3) is 4.18. The van der Waals surface area contributed by atoms with Crippen LogP contribution < -0.4 is 0 Å². The number of piperazine rings is 1. The molecule has 1 aliphatic rings. The number of rotatable bonds is 5.